The van der Waals surface area contributed by atoms with Crippen LogP contribution in [-0.2, 0) is 21.4 Å². The monoisotopic (exact) mass is 453 g/mol. The number of anilines is 1. The zero-order chi connectivity index (χ0) is 23.3. The number of hydrogen-bond acceptors (Lipinski definition) is 5. The molecular weight excluding hydrogens is 426 g/mol. The number of ether oxygens (including phenoxy) is 2. The fraction of sp³-hybridized carbons (Fsp3) is 0.240. The molecule has 0 aliphatic rings. The van der Waals surface area contributed by atoms with Crippen LogP contribution in [0.15, 0.2) is 71.6 Å². The van der Waals surface area contributed by atoms with Crippen LogP contribution in [-0.4, -0.2) is 21.5 Å². The molecule has 0 fully saturated rings. The van der Waals surface area contributed by atoms with Gasteiger partial charge in [0.15, 0.2) is 0 Å². The topological polar surface area (TPSA) is 81.7 Å². The maximum absolute atomic E-state index is 13.2. The van der Waals surface area contributed by atoms with Gasteiger partial charge in [-0.1, -0.05) is 50.2 Å². The van der Waals surface area contributed by atoms with E-state index in [2.05, 4.69) is 4.72 Å². The standard InChI is InChI=1S/C25H27NO5S/c1-17(2)21-7-5-6-8-24(21)32(28,29)26-22-14-9-18(3)15-23(22)31-16-19-10-12-20(13-11-19)25(27)30-4/h5-15,17,26H,16H2,1-4H3. The van der Waals surface area contributed by atoms with Gasteiger partial charge in [0.05, 0.1) is 23.3 Å². The largest absolute Gasteiger partial charge is 0.487 e. The van der Waals surface area contributed by atoms with Gasteiger partial charge >= 0.3 is 5.97 Å². The van der Waals surface area contributed by atoms with Crippen LogP contribution >= 0.6 is 0 Å². The van der Waals surface area contributed by atoms with Crippen LogP contribution in [0, 0.1) is 6.92 Å². The van der Waals surface area contributed by atoms with Crippen molar-refractivity contribution in [3.8, 4) is 5.75 Å². The first-order valence-electron chi connectivity index (χ1n) is 10.2. The lowest BCUT2D eigenvalue weighted by Gasteiger charge is -2.17. The maximum atomic E-state index is 13.2. The Hall–Kier alpha value is -3.32. The lowest BCUT2D eigenvalue weighted by Crippen LogP contribution is -2.16. The van der Waals surface area contributed by atoms with E-state index < -0.39 is 16.0 Å². The average Bonchev–Trinajstić information content (AvgIpc) is 2.79. The molecule has 0 atom stereocenters. The van der Waals surface area contributed by atoms with E-state index in [-0.39, 0.29) is 17.4 Å². The van der Waals surface area contributed by atoms with Crippen molar-refractivity contribution < 1.29 is 22.7 Å². The highest BCUT2D eigenvalue weighted by Gasteiger charge is 2.21. The summed E-state index contributed by atoms with van der Waals surface area (Å²) in [5, 5.41) is 0. The van der Waals surface area contributed by atoms with Crippen LogP contribution in [0.1, 0.15) is 46.8 Å². The molecule has 168 valence electrons. The Balaban J connectivity index is 1.83. The Morgan fingerprint density at radius 1 is 1.00 bits per heavy atom. The molecule has 0 amide bonds. The minimum absolute atomic E-state index is 0.0597. The zero-order valence-electron chi connectivity index (χ0n) is 18.6. The Morgan fingerprint density at radius 2 is 1.69 bits per heavy atom. The Kier molecular flexibility index (Phi) is 7.20. The van der Waals surface area contributed by atoms with Crippen molar-refractivity contribution in [1.29, 1.82) is 0 Å². The predicted molar refractivity (Wildman–Crippen MR) is 125 cm³/mol. The molecule has 0 radical (unpaired) electrons. The van der Waals surface area contributed by atoms with E-state index in [9.17, 15) is 13.2 Å². The summed E-state index contributed by atoms with van der Waals surface area (Å²) in [7, 11) is -2.47. The van der Waals surface area contributed by atoms with Gasteiger partial charge in [0.2, 0.25) is 0 Å². The third kappa shape index (κ3) is 5.48. The van der Waals surface area contributed by atoms with Gasteiger partial charge in [-0.05, 0) is 59.9 Å². The number of nitrogens with one attached hydrogen (secondary N) is 1. The highest BCUT2D eigenvalue weighted by Crippen LogP contribution is 2.31. The molecule has 0 aliphatic carbocycles. The van der Waals surface area contributed by atoms with Crippen LogP contribution in [0.25, 0.3) is 0 Å². The summed E-state index contributed by atoms with van der Waals surface area (Å²) >= 11 is 0. The first-order valence-corrected chi connectivity index (χ1v) is 11.7. The van der Waals surface area contributed by atoms with Gasteiger partial charge in [0.1, 0.15) is 12.4 Å². The third-order valence-corrected chi connectivity index (χ3v) is 6.42. The third-order valence-electron chi connectivity index (χ3n) is 4.98. The van der Waals surface area contributed by atoms with E-state index in [0.29, 0.717) is 17.0 Å². The number of hydrogen-bond donors (Lipinski definition) is 1. The number of esters is 1. The molecule has 0 heterocycles. The number of aryl methyl sites for hydroxylation is 1. The van der Waals surface area contributed by atoms with Crippen molar-refractivity contribution in [2.45, 2.75) is 38.2 Å². The molecule has 0 saturated heterocycles. The van der Waals surface area contributed by atoms with E-state index in [1.807, 2.05) is 39.0 Å². The van der Waals surface area contributed by atoms with Gasteiger partial charge in [-0.25, -0.2) is 13.2 Å². The number of carbonyl (C=O) groups excluding carboxylic acids is 1. The summed E-state index contributed by atoms with van der Waals surface area (Å²) < 4.78 is 39.6. The molecule has 0 spiro atoms. The minimum Gasteiger partial charge on any atom is -0.487 e. The number of carbonyl (C=O) groups is 1. The number of methoxy groups -OCH3 is 1. The van der Waals surface area contributed by atoms with E-state index in [4.69, 9.17) is 9.47 Å². The lowest BCUT2D eigenvalue weighted by molar-refractivity contribution is 0.0600. The number of sulfonamides is 1. The Morgan fingerprint density at radius 3 is 2.34 bits per heavy atom. The Bertz CT molecular complexity index is 1200. The normalized spacial score (nSPS) is 11.3. The average molecular weight is 454 g/mol. The Labute approximate surface area is 189 Å². The molecule has 3 aromatic rings. The highest BCUT2D eigenvalue weighted by atomic mass is 32.2. The van der Waals surface area contributed by atoms with Crippen molar-refractivity contribution >= 4 is 21.7 Å². The minimum atomic E-state index is -3.81. The number of rotatable bonds is 8. The van der Waals surface area contributed by atoms with Gasteiger partial charge in [-0.15, -0.1) is 0 Å². The van der Waals surface area contributed by atoms with Crippen molar-refractivity contribution in [2.75, 3.05) is 11.8 Å². The van der Waals surface area contributed by atoms with Gasteiger partial charge in [0, 0.05) is 0 Å². The smallest absolute Gasteiger partial charge is 0.337 e. The summed E-state index contributed by atoms with van der Waals surface area (Å²) in [6.45, 7) is 6.03. The predicted octanol–water partition coefficient (Wildman–Crippen LogP) is 5.28. The molecule has 0 saturated carbocycles. The van der Waals surface area contributed by atoms with Crippen LogP contribution in [0.4, 0.5) is 5.69 Å². The first-order chi connectivity index (χ1) is 15.2. The van der Waals surface area contributed by atoms with E-state index >= 15 is 0 Å². The van der Waals surface area contributed by atoms with E-state index in [1.165, 1.54) is 7.11 Å². The summed E-state index contributed by atoms with van der Waals surface area (Å²) in [6.07, 6.45) is 0. The van der Waals surface area contributed by atoms with Gasteiger partial charge in [-0.3, -0.25) is 4.72 Å². The second kappa shape index (κ2) is 9.87. The second-order valence-electron chi connectivity index (χ2n) is 7.77. The van der Waals surface area contributed by atoms with Gasteiger partial charge < -0.3 is 9.47 Å². The number of benzene rings is 3. The summed E-state index contributed by atoms with van der Waals surface area (Å²) in [6, 6.07) is 19.1. The van der Waals surface area contributed by atoms with Crippen LogP contribution in [0.3, 0.4) is 0 Å². The van der Waals surface area contributed by atoms with E-state index in [0.717, 1.165) is 16.7 Å². The molecule has 0 aliphatic heterocycles. The van der Waals surface area contributed by atoms with Crippen molar-refractivity contribution in [3.05, 3.63) is 89.0 Å². The summed E-state index contributed by atoms with van der Waals surface area (Å²) in [5.41, 5.74) is 3.33. The fourth-order valence-corrected chi connectivity index (χ4v) is 4.69. The SMILES string of the molecule is COC(=O)c1ccc(COc2cc(C)ccc2NS(=O)(=O)c2ccccc2C(C)C)cc1. The molecule has 32 heavy (non-hydrogen) atoms. The molecule has 3 rings (SSSR count). The summed E-state index contributed by atoms with van der Waals surface area (Å²) in [5.74, 6) is 0.0756. The molecular formula is C25H27NO5S. The molecule has 0 bridgehead atoms. The van der Waals surface area contributed by atoms with Crippen LogP contribution in [0.5, 0.6) is 5.75 Å². The lowest BCUT2D eigenvalue weighted by atomic mass is 10.0. The van der Waals surface area contributed by atoms with Crippen molar-refractivity contribution in [1.82, 2.24) is 0 Å². The zero-order valence-corrected chi connectivity index (χ0v) is 19.4. The summed E-state index contributed by atoms with van der Waals surface area (Å²) in [4.78, 5) is 11.8. The van der Waals surface area contributed by atoms with E-state index in [1.54, 1.807) is 48.5 Å². The van der Waals surface area contributed by atoms with Crippen molar-refractivity contribution in [2.24, 2.45) is 0 Å². The van der Waals surface area contributed by atoms with Crippen LogP contribution < -0.4 is 9.46 Å². The van der Waals surface area contributed by atoms with Crippen LogP contribution in [0.2, 0.25) is 0 Å². The molecule has 7 heteroatoms. The molecule has 0 aromatic heterocycles. The molecule has 1 N–H and O–H groups in total. The molecule has 0 unspecified atom stereocenters. The second-order valence-corrected chi connectivity index (χ2v) is 9.43. The maximum Gasteiger partial charge on any atom is 0.337 e. The fourth-order valence-electron chi connectivity index (χ4n) is 3.25. The molecule has 6 nitrogen and oxygen atoms in total. The van der Waals surface area contributed by atoms with Crippen molar-refractivity contribution in [3.63, 3.8) is 0 Å². The highest BCUT2D eigenvalue weighted by molar-refractivity contribution is 7.92. The molecule has 3 aromatic carbocycles. The van der Waals surface area contributed by atoms with Gasteiger partial charge in [0.25, 0.3) is 10.0 Å². The first kappa shape index (κ1) is 23.3. The van der Waals surface area contributed by atoms with Gasteiger partial charge in [-0.2, -0.15) is 0 Å². The quantitative estimate of drug-likeness (QED) is 0.469.